The molecule has 0 saturated carbocycles. The molecule has 0 amide bonds. The predicted molar refractivity (Wildman–Crippen MR) is 128 cm³/mol. The number of pyridine rings is 1. The van der Waals surface area contributed by atoms with Crippen LogP contribution < -0.4 is 5.32 Å². The summed E-state index contributed by atoms with van der Waals surface area (Å²) in [6.45, 7) is 2.21. The summed E-state index contributed by atoms with van der Waals surface area (Å²) in [4.78, 5) is 9.60. The van der Waals surface area contributed by atoms with Crippen LogP contribution in [0.5, 0.6) is 0 Å². The van der Waals surface area contributed by atoms with Gasteiger partial charge in [-0.25, -0.2) is 4.99 Å². The Balaban J connectivity index is 1.31. The van der Waals surface area contributed by atoms with Crippen LogP contribution in [0.25, 0.3) is 11.3 Å². The SMILES string of the molecule is CC(C1=C[CH]C#CC=C1)c1cccc(NC2=Nc3ccc(-c4ccccc4)nc3C2)c1. The maximum absolute atomic E-state index is 4.85. The molecule has 31 heavy (non-hydrogen) atoms. The molecule has 2 aliphatic rings. The van der Waals surface area contributed by atoms with Crippen LogP contribution >= 0.6 is 0 Å². The average molecular weight is 401 g/mol. The molecule has 2 aromatic carbocycles. The molecule has 3 heteroatoms. The van der Waals surface area contributed by atoms with Crippen LogP contribution in [0, 0.1) is 18.3 Å². The van der Waals surface area contributed by atoms with E-state index in [0.29, 0.717) is 6.42 Å². The second-order valence-corrected chi connectivity index (χ2v) is 7.69. The van der Waals surface area contributed by atoms with Crippen LogP contribution in [0.1, 0.15) is 24.1 Å². The highest BCUT2D eigenvalue weighted by Gasteiger charge is 2.18. The Labute approximate surface area is 183 Å². The van der Waals surface area contributed by atoms with Crippen molar-refractivity contribution >= 4 is 17.2 Å². The molecule has 5 rings (SSSR count). The number of aliphatic imine (C=N–C) groups is 1. The molecule has 1 N–H and O–H groups in total. The number of aromatic nitrogens is 1. The second kappa shape index (κ2) is 8.45. The summed E-state index contributed by atoms with van der Waals surface area (Å²) in [5, 5.41) is 3.50. The van der Waals surface area contributed by atoms with Crippen LogP contribution in [-0.2, 0) is 6.42 Å². The van der Waals surface area contributed by atoms with Gasteiger partial charge in [0.05, 0.1) is 29.9 Å². The first kappa shape index (κ1) is 19.1. The highest BCUT2D eigenvalue weighted by atomic mass is 15.0. The van der Waals surface area contributed by atoms with E-state index in [1.54, 1.807) is 0 Å². The molecular weight excluding hydrogens is 378 g/mol. The quantitative estimate of drug-likeness (QED) is 0.525. The number of hydrogen-bond donors (Lipinski definition) is 1. The monoisotopic (exact) mass is 400 g/mol. The minimum atomic E-state index is 0.272. The average Bonchev–Trinajstić information content (AvgIpc) is 3.01. The van der Waals surface area contributed by atoms with Gasteiger partial charge in [0, 0.05) is 17.2 Å². The first-order chi connectivity index (χ1) is 15.3. The minimum Gasteiger partial charge on any atom is -0.343 e. The lowest BCUT2D eigenvalue weighted by Crippen LogP contribution is -2.12. The van der Waals surface area contributed by atoms with E-state index >= 15 is 0 Å². The summed E-state index contributed by atoms with van der Waals surface area (Å²) < 4.78 is 0. The molecule has 0 saturated heterocycles. The smallest absolute Gasteiger partial charge is 0.113 e. The van der Waals surface area contributed by atoms with Gasteiger partial charge in [-0.05, 0) is 41.5 Å². The van der Waals surface area contributed by atoms with Gasteiger partial charge < -0.3 is 5.32 Å². The van der Waals surface area contributed by atoms with Gasteiger partial charge >= 0.3 is 0 Å². The third kappa shape index (κ3) is 4.20. The Kier molecular flexibility index (Phi) is 5.21. The van der Waals surface area contributed by atoms with Gasteiger partial charge in [-0.2, -0.15) is 0 Å². The summed E-state index contributed by atoms with van der Waals surface area (Å²) in [6, 6.07) is 22.9. The first-order valence-electron chi connectivity index (χ1n) is 10.5. The van der Waals surface area contributed by atoms with Gasteiger partial charge in [-0.15, -0.1) is 0 Å². The fourth-order valence-electron chi connectivity index (χ4n) is 3.87. The van der Waals surface area contributed by atoms with Crippen molar-refractivity contribution in [2.45, 2.75) is 19.3 Å². The number of rotatable bonds is 4. The van der Waals surface area contributed by atoms with Crippen molar-refractivity contribution in [3.05, 3.63) is 108 Å². The fraction of sp³-hybridized carbons (Fsp3) is 0.107. The molecule has 0 fully saturated rings. The van der Waals surface area contributed by atoms with E-state index in [0.717, 1.165) is 34.2 Å². The van der Waals surface area contributed by atoms with Crippen molar-refractivity contribution in [1.29, 1.82) is 0 Å². The molecule has 149 valence electrons. The number of nitrogens with zero attached hydrogens (tertiary/aromatic N) is 2. The number of fused-ring (bicyclic) bond motifs is 1. The molecular formula is C28H22N3. The van der Waals surface area contributed by atoms with Gasteiger partial charge in [0.1, 0.15) is 5.84 Å². The Hall–Kier alpha value is -3.90. The zero-order valence-corrected chi connectivity index (χ0v) is 17.3. The summed E-state index contributed by atoms with van der Waals surface area (Å²) >= 11 is 0. The van der Waals surface area contributed by atoms with Crippen molar-refractivity contribution in [2.24, 2.45) is 4.99 Å². The number of hydrogen-bond acceptors (Lipinski definition) is 3. The summed E-state index contributed by atoms with van der Waals surface area (Å²) in [5.41, 5.74) is 7.58. The molecule has 2 heterocycles. The fourth-order valence-corrected chi connectivity index (χ4v) is 3.87. The standard InChI is InChI=1S/C28H22N3/c1-20(21-10-5-2-3-6-11-21)23-14-9-15-24(18-23)29-28-19-27-26(31-28)17-16-25(30-27)22-12-7-4-8-13-22/h4-18,20H,19H2,1H3,(H,29,31). The van der Waals surface area contributed by atoms with Gasteiger partial charge in [0.2, 0.25) is 0 Å². The zero-order valence-electron chi connectivity index (χ0n) is 17.3. The van der Waals surface area contributed by atoms with E-state index in [2.05, 4.69) is 78.7 Å². The largest absolute Gasteiger partial charge is 0.343 e. The topological polar surface area (TPSA) is 37.3 Å². The van der Waals surface area contributed by atoms with E-state index in [-0.39, 0.29) is 5.92 Å². The van der Waals surface area contributed by atoms with Gasteiger partial charge in [0.25, 0.3) is 0 Å². The van der Waals surface area contributed by atoms with E-state index < -0.39 is 0 Å². The van der Waals surface area contributed by atoms with Crippen LogP contribution in [0.2, 0.25) is 0 Å². The highest BCUT2D eigenvalue weighted by Crippen LogP contribution is 2.30. The molecule has 1 unspecified atom stereocenters. The van der Waals surface area contributed by atoms with Gasteiger partial charge in [-0.1, -0.05) is 73.4 Å². The number of benzene rings is 2. The van der Waals surface area contributed by atoms with Crippen molar-refractivity contribution in [1.82, 2.24) is 4.98 Å². The third-order valence-corrected chi connectivity index (χ3v) is 5.59. The summed E-state index contributed by atoms with van der Waals surface area (Å²) in [5.74, 6) is 7.18. The van der Waals surface area contributed by atoms with Crippen LogP contribution in [0.15, 0.2) is 95.5 Å². The predicted octanol–water partition coefficient (Wildman–Crippen LogP) is 6.25. The Morgan fingerprint density at radius 1 is 0.968 bits per heavy atom. The van der Waals surface area contributed by atoms with E-state index in [1.165, 1.54) is 11.1 Å². The van der Waals surface area contributed by atoms with Gasteiger partial charge in [-0.3, -0.25) is 4.98 Å². The maximum Gasteiger partial charge on any atom is 0.113 e. The number of allylic oxidation sites excluding steroid dienone is 4. The molecule has 0 bridgehead atoms. The molecule has 1 aliphatic carbocycles. The highest BCUT2D eigenvalue weighted by molar-refractivity contribution is 6.01. The van der Waals surface area contributed by atoms with Crippen molar-refractivity contribution in [3.8, 4) is 23.1 Å². The number of amidine groups is 1. The van der Waals surface area contributed by atoms with Crippen LogP contribution in [-0.4, -0.2) is 10.8 Å². The van der Waals surface area contributed by atoms with Crippen molar-refractivity contribution in [3.63, 3.8) is 0 Å². The third-order valence-electron chi connectivity index (χ3n) is 5.59. The van der Waals surface area contributed by atoms with E-state index in [4.69, 9.17) is 9.98 Å². The number of anilines is 1. The maximum atomic E-state index is 4.85. The van der Waals surface area contributed by atoms with Crippen molar-refractivity contribution in [2.75, 3.05) is 5.32 Å². The van der Waals surface area contributed by atoms with Crippen LogP contribution in [0.4, 0.5) is 11.4 Å². The molecule has 1 atom stereocenters. The Bertz CT molecular complexity index is 1270. The molecule has 3 nitrogen and oxygen atoms in total. The van der Waals surface area contributed by atoms with E-state index in [9.17, 15) is 0 Å². The molecule has 1 aromatic heterocycles. The second-order valence-electron chi connectivity index (χ2n) is 7.69. The van der Waals surface area contributed by atoms with Crippen LogP contribution in [0.3, 0.4) is 0 Å². The zero-order chi connectivity index (χ0) is 21.0. The lowest BCUT2D eigenvalue weighted by Gasteiger charge is -2.15. The van der Waals surface area contributed by atoms with Gasteiger partial charge in [0.15, 0.2) is 0 Å². The van der Waals surface area contributed by atoms with E-state index in [1.807, 2.05) is 36.8 Å². The van der Waals surface area contributed by atoms with Crippen molar-refractivity contribution < 1.29 is 0 Å². The normalized spacial score (nSPS) is 15.1. The minimum absolute atomic E-state index is 0.272. The number of nitrogens with one attached hydrogen (secondary N) is 1. The lowest BCUT2D eigenvalue weighted by molar-refractivity contribution is 0.921. The summed E-state index contributed by atoms with van der Waals surface area (Å²) in [7, 11) is 0. The summed E-state index contributed by atoms with van der Waals surface area (Å²) in [6.07, 6.45) is 8.71. The molecule has 1 radical (unpaired) electrons. The Morgan fingerprint density at radius 3 is 2.77 bits per heavy atom. The molecule has 0 spiro atoms. The first-order valence-corrected chi connectivity index (χ1v) is 10.5. The Morgan fingerprint density at radius 2 is 1.87 bits per heavy atom. The molecule has 1 aliphatic heterocycles. The lowest BCUT2D eigenvalue weighted by atomic mass is 9.92. The molecule has 3 aromatic rings.